The second kappa shape index (κ2) is 7.27. The number of hydrogen-bond acceptors (Lipinski definition) is 3. The molecule has 1 N–H and O–H groups in total. The van der Waals surface area contributed by atoms with E-state index in [0.717, 1.165) is 0 Å². The van der Waals surface area contributed by atoms with Crippen LogP contribution in [0.1, 0.15) is 18.9 Å². The summed E-state index contributed by atoms with van der Waals surface area (Å²) in [6, 6.07) is 11.0. The molecule has 0 heterocycles. The Morgan fingerprint density at radius 2 is 1.90 bits per heavy atom. The van der Waals surface area contributed by atoms with Crippen LogP contribution in [0, 0.1) is 11.3 Å². The average molecular weight is 286 g/mol. The van der Waals surface area contributed by atoms with E-state index in [-0.39, 0.29) is 6.61 Å². The van der Waals surface area contributed by atoms with Crippen LogP contribution in [0.4, 0.5) is 13.2 Å². The summed E-state index contributed by atoms with van der Waals surface area (Å²) >= 11 is 0. The van der Waals surface area contributed by atoms with E-state index in [0.29, 0.717) is 12.1 Å². The predicted molar refractivity (Wildman–Crippen MR) is 68.9 cm³/mol. The normalized spacial score (nSPS) is 14.6. The van der Waals surface area contributed by atoms with Gasteiger partial charge in [0.1, 0.15) is 0 Å². The Balaban J connectivity index is 2.73. The predicted octanol–water partition coefficient (Wildman–Crippen LogP) is 2.98. The first-order valence-electron chi connectivity index (χ1n) is 6.30. The molecule has 0 aliphatic heterocycles. The van der Waals surface area contributed by atoms with Crippen molar-refractivity contribution in [2.75, 3.05) is 19.8 Å². The summed E-state index contributed by atoms with van der Waals surface area (Å²) in [4.78, 5) is 0. The van der Waals surface area contributed by atoms with Crippen molar-refractivity contribution >= 4 is 0 Å². The number of alkyl halides is 3. The highest BCUT2D eigenvalue weighted by Gasteiger charge is 2.33. The Bertz CT molecular complexity index is 442. The van der Waals surface area contributed by atoms with Gasteiger partial charge in [0.25, 0.3) is 0 Å². The monoisotopic (exact) mass is 286 g/mol. The fourth-order valence-corrected chi connectivity index (χ4v) is 1.81. The zero-order valence-electron chi connectivity index (χ0n) is 11.2. The second-order valence-electron chi connectivity index (χ2n) is 4.33. The minimum atomic E-state index is -4.25. The Labute approximate surface area is 116 Å². The number of nitrogens with zero attached hydrogens (tertiary/aromatic N) is 1. The van der Waals surface area contributed by atoms with Gasteiger partial charge in [0.15, 0.2) is 5.54 Å². The van der Waals surface area contributed by atoms with E-state index in [1.807, 2.05) is 13.0 Å². The molecule has 6 heteroatoms. The first-order chi connectivity index (χ1) is 9.43. The highest BCUT2D eigenvalue weighted by molar-refractivity contribution is 5.31. The van der Waals surface area contributed by atoms with E-state index < -0.39 is 24.7 Å². The zero-order chi connectivity index (χ0) is 15.1. The summed E-state index contributed by atoms with van der Waals surface area (Å²) < 4.78 is 41.3. The molecule has 1 unspecified atom stereocenters. The minimum Gasteiger partial charge on any atom is -0.378 e. The lowest BCUT2D eigenvalue weighted by atomic mass is 9.92. The van der Waals surface area contributed by atoms with E-state index in [1.54, 1.807) is 24.3 Å². The molecule has 0 bridgehead atoms. The van der Waals surface area contributed by atoms with Crippen LogP contribution in [-0.4, -0.2) is 25.9 Å². The van der Waals surface area contributed by atoms with Crippen LogP contribution in [0.15, 0.2) is 30.3 Å². The first kappa shape index (κ1) is 16.5. The number of halogens is 3. The lowest BCUT2D eigenvalue weighted by molar-refractivity contribution is -0.146. The van der Waals surface area contributed by atoms with Crippen molar-refractivity contribution in [3.63, 3.8) is 0 Å². The van der Waals surface area contributed by atoms with Gasteiger partial charge in [-0.2, -0.15) is 18.4 Å². The lowest BCUT2D eigenvalue weighted by Gasteiger charge is -2.28. The second-order valence-corrected chi connectivity index (χ2v) is 4.33. The van der Waals surface area contributed by atoms with E-state index >= 15 is 0 Å². The molecule has 1 aromatic rings. The Kier molecular flexibility index (Phi) is 5.99. The first-order valence-corrected chi connectivity index (χ1v) is 6.30. The fraction of sp³-hybridized carbons (Fsp3) is 0.500. The highest BCUT2D eigenvalue weighted by Crippen LogP contribution is 2.23. The number of ether oxygens (including phenoxy) is 1. The van der Waals surface area contributed by atoms with Crippen molar-refractivity contribution in [1.29, 1.82) is 5.26 Å². The molecule has 0 saturated heterocycles. The lowest BCUT2D eigenvalue weighted by Crippen LogP contribution is -2.45. The molecule has 0 aliphatic carbocycles. The molecule has 110 valence electrons. The van der Waals surface area contributed by atoms with Crippen molar-refractivity contribution in [2.45, 2.75) is 25.1 Å². The molecule has 0 amide bonds. The van der Waals surface area contributed by atoms with Gasteiger partial charge in [-0.25, -0.2) is 0 Å². The van der Waals surface area contributed by atoms with Gasteiger partial charge >= 0.3 is 6.18 Å². The number of nitrogens with one attached hydrogen (secondary N) is 1. The summed E-state index contributed by atoms with van der Waals surface area (Å²) in [6.07, 6.45) is -5.27. The highest BCUT2D eigenvalue weighted by atomic mass is 19.4. The topological polar surface area (TPSA) is 45.0 Å². The van der Waals surface area contributed by atoms with Crippen LogP contribution in [-0.2, 0) is 10.3 Å². The maximum absolute atomic E-state index is 12.1. The molecular weight excluding hydrogens is 269 g/mol. The van der Waals surface area contributed by atoms with E-state index in [9.17, 15) is 18.4 Å². The van der Waals surface area contributed by atoms with Gasteiger partial charge in [0.2, 0.25) is 0 Å². The third-order valence-electron chi connectivity index (χ3n) is 2.78. The number of likely N-dealkylation sites (N-methyl/N-ethyl adjacent to an activating group) is 1. The minimum absolute atomic E-state index is 0.128. The molecule has 1 aromatic carbocycles. The molecular formula is C14H17F3N2O. The third kappa shape index (κ3) is 4.83. The Morgan fingerprint density at radius 3 is 2.40 bits per heavy atom. The largest absolute Gasteiger partial charge is 0.391 e. The standard InChI is InChI=1S/C14H17F3N2O/c1-2-19-13(10-18,12-6-4-3-5-7-12)11-20-9-8-14(15,16)17/h3-7,19H,2,8-9,11H2,1H3. The quantitative estimate of drug-likeness (QED) is 0.784. The van der Waals surface area contributed by atoms with Gasteiger partial charge in [0.05, 0.1) is 25.7 Å². The summed E-state index contributed by atoms with van der Waals surface area (Å²) in [5, 5.41) is 12.4. The zero-order valence-corrected chi connectivity index (χ0v) is 11.2. The van der Waals surface area contributed by atoms with Gasteiger partial charge < -0.3 is 4.74 Å². The van der Waals surface area contributed by atoms with Crippen LogP contribution < -0.4 is 5.32 Å². The SMILES string of the molecule is CCNC(C#N)(COCCC(F)(F)F)c1ccccc1. The van der Waals surface area contributed by atoms with E-state index in [2.05, 4.69) is 11.4 Å². The van der Waals surface area contributed by atoms with Crippen molar-refractivity contribution in [1.82, 2.24) is 5.32 Å². The molecule has 0 aliphatic rings. The van der Waals surface area contributed by atoms with E-state index in [4.69, 9.17) is 4.74 Å². The number of nitriles is 1. The number of hydrogen-bond donors (Lipinski definition) is 1. The van der Waals surface area contributed by atoms with Crippen LogP contribution in [0.5, 0.6) is 0 Å². The van der Waals surface area contributed by atoms with Gasteiger partial charge in [-0.05, 0) is 12.1 Å². The third-order valence-corrected chi connectivity index (χ3v) is 2.78. The molecule has 1 atom stereocenters. The Morgan fingerprint density at radius 1 is 1.25 bits per heavy atom. The van der Waals surface area contributed by atoms with Crippen molar-refractivity contribution < 1.29 is 17.9 Å². The Hall–Kier alpha value is -1.58. The summed E-state index contributed by atoms with van der Waals surface area (Å²) in [5.41, 5.74) is -0.446. The molecule has 0 aromatic heterocycles. The van der Waals surface area contributed by atoms with Crippen molar-refractivity contribution in [3.05, 3.63) is 35.9 Å². The maximum atomic E-state index is 12.1. The summed E-state index contributed by atoms with van der Waals surface area (Å²) in [6.45, 7) is 1.75. The summed E-state index contributed by atoms with van der Waals surface area (Å²) in [7, 11) is 0. The van der Waals surface area contributed by atoms with Crippen LogP contribution in [0.2, 0.25) is 0 Å². The molecule has 0 radical (unpaired) electrons. The van der Waals surface area contributed by atoms with Gasteiger partial charge in [-0.1, -0.05) is 37.3 Å². The summed E-state index contributed by atoms with van der Waals surface area (Å²) in [5.74, 6) is 0. The molecule has 3 nitrogen and oxygen atoms in total. The van der Waals surface area contributed by atoms with Gasteiger partial charge in [0, 0.05) is 0 Å². The molecule has 0 saturated carbocycles. The smallest absolute Gasteiger partial charge is 0.378 e. The van der Waals surface area contributed by atoms with Crippen LogP contribution in [0.25, 0.3) is 0 Å². The van der Waals surface area contributed by atoms with Gasteiger partial charge in [-0.15, -0.1) is 0 Å². The molecule has 0 spiro atoms. The van der Waals surface area contributed by atoms with E-state index in [1.165, 1.54) is 0 Å². The molecule has 0 fully saturated rings. The molecule has 1 rings (SSSR count). The fourth-order valence-electron chi connectivity index (χ4n) is 1.81. The average Bonchev–Trinajstić information content (AvgIpc) is 2.42. The van der Waals surface area contributed by atoms with Gasteiger partial charge in [-0.3, -0.25) is 5.32 Å². The van der Waals surface area contributed by atoms with Crippen molar-refractivity contribution in [3.8, 4) is 6.07 Å². The number of rotatable bonds is 7. The van der Waals surface area contributed by atoms with Crippen molar-refractivity contribution in [2.24, 2.45) is 0 Å². The molecule has 20 heavy (non-hydrogen) atoms. The maximum Gasteiger partial charge on any atom is 0.391 e. The van der Waals surface area contributed by atoms with Crippen LogP contribution in [0.3, 0.4) is 0 Å². The van der Waals surface area contributed by atoms with Crippen LogP contribution >= 0.6 is 0 Å². The number of benzene rings is 1.